The highest BCUT2D eigenvalue weighted by Crippen LogP contribution is 2.12. The molecular formula is C11H15NO2S. The predicted octanol–water partition coefficient (Wildman–Crippen LogP) is 1.93. The molecule has 1 fully saturated rings. The summed E-state index contributed by atoms with van der Waals surface area (Å²) in [6.07, 6.45) is 3.18. The van der Waals surface area contributed by atoms with Crippen LogP contribution >= 0.6 is 11.3 Å². The lowest BCUT2D eigenvalue weighted by atomic mass is 10.1. The number of carbonyl (C=O) groups is 1. The van der Waals surface area contributed by atoms with Gasteiger partial charge in [-0.25, -0.2) is 0 Å². The summed E-state index contributed by atoms with van der Waals surface area (Å²) in [5.74, 6) is -0.108. The molecule has 0 bridgehead atoms. The van der Waals surface area contributed by atoms with Crippen LogP contribution in [0.1, 0.15) is 24.1 Å². The van der Waals surface area contributed by atoms with E-state index in [1.807, 2.05) is 17.5 Å². The van der Waals surface area contributed by atoms with Crippen LogP contribution in [0, 0.1) is 0 Å². The Bertz CT molecular complexity index is 304. The molecule has 1 aromatic heterocycles. The predicted molar refractivity (Wildman–Crippen MR) is 59.8 cm³/mol. The van der Waals surface area contributed by atoms with Gasteiger partial charge in [0.25, 0.3) is 0 Å². The molecule has 0 spiro atoms. The van der Waals surface area contributed by atoms with Crippen molar-refractivity contribution in [2.75, 3.05) is 6.54 Å². The third-order valence-electron chi connectivity index (χ3n) is 2.53. The third kappa shape index (κ3) is 3.04. The van der Waals surface area contributed by atoms with E-state index in [0.29, 0.717) is 6.61 Å². The molecule has 2 rings (SSSR count). The van der Waals surface area contributed by atoms with E-state index in [-0.39, 0.29) is 12.0 Å². The maximum Gasteiger partial charge on any atom is 0.323 e. The Balaban J connectivity index is 1.76. The van der Waals surface area contributed by atoms with Crippen LogP contribution in [-0.4, -0.2) is 18.6 Å². The Hall–Kier alpha value is -0.870. The SMILES string of the molecule is O=C(OCc1cccs1)C1CCCCN1. The van der Waals surface area contributed by atoms with E-state index in [2.05, 4.69) is 5.32 Å². The first-order chi connectivity index (χ1) is 7.36. The van der Waals surface area contributed by atoms with Gasteiger partial charge >= 0.3 is 5.97 Å². The van der Waals surface area contributed by atoms with Crippen LogP contribution in [0.4, 0.5) is 0 Å². The van der Waals surface area contributed by atoms with Crippen molar-refractivity contribution in [3.63, 3.8) is 0 Å². The molecule has 0 saturated carbocycles. The second kappa shape index (κ2) is 5.28. The van der Waals surface area contributed by atoms with E-state index < -0.39 is 0 Å². The lowest BCUT2D eigenvalue weighted by Crippen LogP contribution is -2.41. The molecule has 1 aliphatic heterocycles. The van der Waals surface area contributed by atoms with Gasteiger partial charge in [0.2, 0.25) is 0 Å². The summed E-state index contributed by atoms with van der Waals surface area (Å²) in [4.78, 5) is 12.7. The lowest BCUT2D eigenvalue weighted by Gasteiger charge is -2.21. The topological polar surface area (TPSA) is 38.3 Å². The molecule has 2 heterocycles. The summed E-state index contributed by atoms with van der Waals surface area (Å²) in [6.45, 7) is 1.34. The zero-order chi connectivity index (χ0) is 10.5. The van der Waals surface area contributed by atoms with Gasteiger partial charge in [-0.3, -0.25) is 4.79 Å². The Morgan fingerprint density at radius 1 is 1.60 bits per heavy atom. The van der Waals surface area contributed by atoms with E-state index in [0.717, 1.165) is 30.7 Å². The van der Waals surface area contributed by atoms with Crippen molar-refractivity contribution in [2.45, 2.75) is 31.9 Å². The average Bonchev–Trinajstić information content (AvgIpc) is 2.80. The standard InChI is InChI=1S/C11H15NO2S/c13-11(10-5-1-2-6-12-10)14-8-9-4-3-7-15-9/h3-4,7,10,12H,1-2,5-6,8H2. The Morgan fingerprint density at radius 2 is 2.53 bits per heavy atom. The van der Waals surface area contributed by atoms with Gasteiger partial charge in [-0.05, 0) is 30.8 Å². The molecular weight excluding hydrogens is 210 g/mol. The smallest absolute Gasteiger partial charge is 0.323 e. The van der Waals surface area contributed by atoms with Crippen LogP contribution in [0.5, 0.6) is 0 Å². The number of ether oxygens (including phenoxy) is 1. The summed E-state index contributed by atoms with van der Waals surface area (Å²) < 4.78 is 5.23. The number of thiophene rings is 1. The second-order valence-electron chi connectivity index (χ2n) is 3.69. The van der Waals surface area contributed by atoms with Crippen molar-refractivity contribution >= 4 is 17.3 Å². The van der Waals surface area contributed by atoms with Crippen LogP contribution in [0.25, 0.3) is 0 Å². The Labute approximate surface area is 93.4 Å². The number of esters is 1. The monoisotopic (exact) mass is 225 g/mol. The Kier molecular flexibility index (Phi) is 3.75. The molecule has 4 heteroatoms. The van der Waals surface area contributed by atoms with Crippen molar-refractivity contribution in [3.8, 4) is 0 Å². The van der Waals surface area contributed by atoms with E-state index in [1.165, 1.54) is 0 Å². The highest BCUT2D eigenvalue weighted by molar-refractivity contribution is 7.09. The maximum atomic E-state index is 11.6. The van der Waals surface area contributed by atoms with Gasteiger partial charge in [0.05, 0.1) is 0 Å². The minimum atomic E-state index is -0.108. The molecule has 0 radical (unpaired) electrons. The number of nitrogens with one attached hydrogen (secondary N) is 1. The zero-order valence-electron chi connectivity index (χ0n) is 8.57. The molecule has 15 heavy (non-hydrogen) atoms. The minimum absolute atomic E-state index is 0.0845. The van der Waals surface area contributed by atoms with Crippen molar-refractivity contribution in [3.05, 3.63) is 22.4 Å². The van der Waals surface area contributed by atoms with E-state index in [1.54, 1.807) is 11.3 Å². The summed E-state index contributed by atoms with van der Waals surface area (Å²) in [5, 5.41) is 5.17. The highest BCUT2D eigenvalue weighted by atomic mass is 32.1. The molecule has 0 aromatic carbocycles. The van der Waals surface area contributed by atoms with Gasteiger partial charge < -0.3 is 10.1 Å². The van der Waals surface area contributed by atoms with Crippen LogP contribution in [-0.2, 0) is 16.1 Å². The van der Waals surface area contributed by atoms with E-state index in [9.17, 15) is 4.79 Å². The fourth-order valence-corrected chi connectivity index (χ4v) is 2.31. The van der Waals surface area contributed by atoms with Crippen LogP contribution in [0.2, 0.25) is 0 Å². The van der Waals surface area contributed by atoms with Gasteiger partial charge in [-0.2, -0.15) is 0 Å². The molecule has 1 N–H and O–H groups in total. The van der Waals surface area contributed by atoms with Crippen LogP contribution < -0.4 is 5.32 Å². The molecule has 1 atom stereocenters. The molecule has 1 saturated heterocycles. The number of rotatable bonds is 3. The molecule has 1 aromatic rings. The van der Waals surface area contributed by atoms with Crippen LogP contribution in [0.3, 0.4) is 0 Å². The van der Waals surface area contributed by atoms with Gasteiger partial charge in [-0.1, -0.05) is 12.5 Å². The van der Waals surface area contributed by atoms with Gasteiger partial charge in [-0.15, -0.1) is 11.3 Å². The highest BCUT2D eigenvalue weighted by Gasteiger charge is 2.21. The summed E-state index contributed by atoms with van der Waals surface area (Å²) in [5.41, 5.74) is 0. The van der Waals surface area contributed by atoms with Gasteiger partial charge in [0.1, 0.15) is 12.6 Å². The average molecular weight is 225 g/mol. The Morgan fingerprint density at radius 3 is 3.20 bits per heavy atom. The first kappa shape index (κ1) is 10.6. The number of piperidine rings is 1. The van der Waals surface area contributed by atoms with Crippen molar-refractivity contribution in [2.24, 2.45) is 0 Å². The summed E-state index contributed by atoms with van der Waals surface area (Å²) in [6, 6.07) is 3.86. The molecule has 1 unspecified atom stereocenters. The lowest BCUT2D eigenvalue weighted by molar-refractivity contribution is -0.148. The quantitative estimate of drug-likeness (QED) is 0.799. The first-order valence-electron chi connectivity index (χ1n) is 5.28. The van der Waals surface area contributed by atoms with Crippen molar-refractivity contribution in [1.29, 1.82) is 0 Å². The number of hydrogen-bond acceptors (Lipinski definition) is 4. The summed E-state index contributed by atoms with van der Waals surface area (Å²) >= 11 is 1.61. The zero-order valence-corrected chi connectivity index (χ0v) is 9.39. The van der Waals surface area contributed by atoms with E-state index in [4.69, 9.17) is 4.74 Å². The first-order valence-corrected chi connectivity index (χ1v) is 6.16. The maximum absolute atomic E-state index is 11.6. The number of carbonyl (C=O) groups excluding carboxylic acids is 1. The summed E-state index contributed by atoms with van der Waals surface area (Å²) in [7, 11) is 0. The molecule has 0 aliphatic carbocycles. The largest absolute Gasteiger partial charge is 0.459 e. The normalized spacial score (nSPS) is 21.2. The van der Waals surface area contributed by atoms with Crippen LogP contribution in [0.15, 0.2) is 17.5 Å². The fraction of sp³-hybridized carbons (Fsp3) is 0.545. The van der Waals surface area contributed by atoms with Gasteiger partial charge in [0.15, 0.2) is 0 Å². The van der Waals surface area contributed by atoms with E-state index >= 15 is 0 Å². The molecule has 3 nitrogen and oxygen atoms in total. The second-order valence-corrected chi connectivity index (χ2v) is 4.72. The molecule has 0 amide bonds. The fourth-order valence-electron chi connectivity index (χ4n) is 1.69. The van der Waals surface area contributed by atoms with Crippen molar-refractivity contribution < 1.29 is 9.53 Å². The van der Waals surface area contributed by atoms with Gasteiger partial charge in [0, 0.05) is 4.88 Å². The van der Waals surface area contributed by atoms with Crippen molar-refractivity contribution in [1.82, 2.24) is 5.32 Å². The molecule has 1 aliphatic rings. The number of hydrogen-bond donors (Lipinski definition) is 1. The molecule has 82 valence electrons. The minimum Gasteiger partial charge on any atom is -0.459 e. The third-order valence-corrected chi connectivity index (χ3v) is 3.38.